The summed E-state index contributed by atoms with van der Waals surface area (Å²) in [4.78, 5) is 4.50. The van der Waals surface area contributed by atoms with Gasteiger partial charge in [0, 0.05) is 18.9 Å². The van der Waals surface area contributed by atoms with Gasteiger partial charge in [-0.05, 0) is 17.7 Å². The maximum atomic E-state index is 5.13. The minimum Gasteiger partial charge on any atom is -0.497 e. The lowest BCUT2D eigenvalue weighted by atomic mass is 10.1. The Bertz CT molecular complexity index is 465. The molecule has 0 N–H and O–H groups in total. The molecule has 90 valence electrons. The minimum absolute atomic E-state index is 0.582. The average molecular weight is 249 g/mol. The molecule has 0 radical (unpaired) electrons. The summed E-state index contributed by atoms with van der Waals surface area (Å²) >= 11 is 1.67. The van der Waals surface area contributed by atoms with Crippen LogP contribution in [-0.2, 0) is 17.8 Å². The molecule has 1 heterocycles. The second-order valence-electron chi connectivity index (χ2n) is 3.69. The van der Waals surface area contributed by atoms with E-state index in [4.69, 9.17) is 9.47 Å². The molecular weight excluding hydrogens is 234 g/mol. The first-order chi connectivity index (χ1) is 8.31. The largest absolute Gasteiger partial charge is 0.497 e. The molecule has 4 heteroatoms. The molecule has 0 aliphatic carbocycles. The van der Waals surface area contributed by atoms with Gasteiger partial charge in [0.2, 0.25) is 0 Å². The van der Waals surface area contributed by atoms with Crippen LogP contribution in [0.4, 0.5) is 0 Å². The molecule has 3 nitrogen and oxygen atoms in total. The monoisotopic (exact) mass is 249 g/mol. The van der Waals surface area contributed by atoms with Gasteiger partial charge in [-0.3, -0.25) is 0 Å². The predicted octanol–water partition coefficient (Wildman–Crippen LogP) is 2.89. The Morgan fingerprint density at radius 1 is 1.18 bits per heavy atom. The first-order valence-corrected chi connectivity index (χ1v) is 6.25. The Morgan fingerprint density at radius 2 is 1.94 bits per heavy atom. The third-order valence-electron chi connectivity index (χ3n) is 2.41. The van der Waals surface area contributed by atoms with Crippen molar-refractivity contribution in [3.8, 4) is 5.75 Å². The van der Waals surface area contributed by atoms with Crippen molar-refractivity contribution in [2.75, 3.05) is 14.2 Å². The van der Waals surface area contributed by atoms with E-state index in [9.17, 15) is 0 Å². The van der Waals surface area contributed by atoms with Crippen LogP contribution in [0.15, 0.2) is 29.6 Å². The smallest absolute Gasteiger partial charge is 0.118 e. The van der Waals surface area contributed by atoms with Crippen LogP contribution >= 0.6 is 11.3 Å². The standard InChI is InChI=1S/C13H15NO2S/c1-15-8-11-9-17-13(14-11)7-10-3-5-12(16-2)6-4-10/h3-6,9H,7-8H2,1-2H3. The average Bonchev–Trinajstić information content (AvgIpc) is 2.78. The fourth-order valence-corrected chi connectivity index (χ4v) is 2.38. The quantitative estimate of drug-likeness (QED) is 0.816. The molecule has 0 atom stereocenters. The first kappa shape index (κ1) is 12.1. The van der Waals surface area contributed by atoms with Crippen LogP contribution in [0.2, 0.25) is 0 Å². The molecule has 1 aromatic carbocycles. The van der Waals surface area contributed by atoms with E-state index in [1.165, 1.54) is 5.56 Å². The lowest BCUT2D eigenvalue weighted by Crippen LogP contribution is -1.91. The normalized spacial score (nSPS) is 10.5. The molecule has 0 unspecified atom stereocenters. The van der Waals surface area contributed by atoms with Crippen molar-refractivity contribution in [1.29, 1.82) is 0 Å². The minimum atomic E-state index is 0.582. The Hall–Kier alpha value is -1.39. The summed E-state index contributed by atoms with van der Waals surface area (Å²) in [6.07, 6.45) is 0.859. The molecule has 0 saturated heterocycles. The highest BCUT2D eigenvalue weighted by atomic mass is 32.1. The number of hydrogen-bond donors (Lipinski definition) is 0. The molecule has 17 heavy (non-hydrogen) atoms. The van der Waals surface area contributed by atoms with E-state index < -0.39 is 0 Å². The summed E-state index contributed by atoms with van der Waals surface area (Å²) in [6.45, 7) is 0.582. The number of nitrogens with zero attached hydrogens (tertiary/aromatic N) is 1. The molecular formula is C13H15NO2S. The number of benzene rings is 1. The SMILES string of the molecule is COCc1csc(Cc2ccc(OC)cc2)n1. The fraction of sp³-hybridized carbons (Fsp3) is 0.308. The van der Waals surface area contributed by atoms with Crippen molar-refractivity contribution >= 4 is 11.3 Å². The Kier molecular flexibility index (Phi) is 4.12. The number of methoxy groups -OCH3 is 2. The summed E-state index contributed by atoms with van der Waals surface area (Å²) in [5.74, 6) is 0.882. The molecule has 2 rings (SSSR count). The van der Waals surface area contributed by atoms with Crippen LogP contribution in [0.25, 0.3) is 0 Å². The van der Waals surface area contributed by atoms with Gasteiger partial charge in [-0.25, -0.2) is 4.98 Å². The Labute approximate surface area is 105 Å². The van der Waals surface area contributed by atoms with Crippen LogP contribution in [-0.4, -0.2) is 19.2 Å². The number of ether oxygens (including phenoxy) is 2. The van der Waals surface area contributed by atoms with E-state index >= 15 is 0 Å². The Balaban J connectivity index is 2.03. The summed E-state index contributed by atoms with van der Waals surface area (Å²) in [5, 5.41) is 3.16. The van der Waals surface area contributed by atoms with Gasteiger partial charge in [-0.15, -0.1) is 11.3 Å². The van der Waals surface area contributed by atoms with E-state index in [0.717, 1.165) is 22.9 Å². The van der Waals surface area contributed by atoms with E-state index in [2.05, 4.69) is 17.1 Å². The fourth-order valence-electron chi connectivity index (χ4n) is 1.56. The molecule has 0 fully saturated rings. The van der Waals surface area contributed by atoms with Crippen molar-refractivity contribution in [2.24, 2.45) is 0 Å². The number of aromatic nitrogens is 1. The maximum Gasteiger partial charge on any atom is 0.118 e. The highest BCUT2D eigenvalue weighted by Crippen LogP contribution is 2.17. The topological polar surface area (TPSA) is 31.4 Å². The molecule has 0 amide bonds. The second-order valence-corrected chi connectivity index (χ2v) is 4.63. The third kappa shape index (κ3) is 3.28. The number of hydrogen-bond acceptors (Lipinski definition) is 4. The van der Waals surface area contributed by atoms with Gasteiger partial charge in [-0.2, -0.15) is 0 Å². The zero-order chi connectivity index (χ0) is 12.1. The van der Waals surface area contributed by atoms with Crippen molar-refractivity contribution in [2.45, 2.75) is 13.0 Å². The van der Waals surface area contributed by atoms with Crippen molar-refractivity contribution in [1.82, 2.24) is 4.98 Å². The van der Waals surface area contributed by atoms with E-state index in [0.29, 0.717) is 6.61 Å². The van der Waals surface area contributed by atoms with Gasteiger partial charge in [0.15, 0.2) is 0 Å². The molecule has 2 aromatic rings. The molecule has 0 bridgehead atoms. The molecule has 0 spiro atoms. The summed E-state index contributed by atoms with van der Waals surface area (Å²) in [6, 6.07) is 8.07. The van der Waals surface area contributed by atoms with Gasteiger partial charge in [-0.1, -0.05) is 12.1 Å². The first-order valence-electron chi connectivity index (χ1n) is 5.37. The van der Waals surface area contributed by atoms with Crippen molar-refractivity contribution in [3.05, 3.63) is 45.9 Å². The summed E-state index contributed by atoms with van der Waals surface area (Å²) in [5.41, 5.74) is 2.24. The molecule has 1 aromatic heterocycles. The lowest BCUT2D eigenvalue weighted by Gasteiger charge is -2.01. The third-order valence-corrected chi connectivity index (χ3v) is 3.30. The second kappa shape index (κ2) is 5.80. The Morgan fingerprint density at radius 3 is 2.59 bits per heavy atom. The van der Waals surface area contributed by atoms with Gasteiger partial charge in [0.1, 0.15) is 5.75 Å². The highest BCUT2D eigenvalue weighted by molar-refractivity contribution is 7.09. The zero-order valence-electron chi connectivity index (χ0n) is 9.97. The van der Waals surface area contributed by atoms with Gasteiger partial charge >= 0.3 is 0 Å². The van der Waals surface area contributed by atoms with Crippen LogP contribution < -0.4 is 4.74 Å². The van der Waals surface area contributed by atoms with E-state index in [1.807, 2.05) is 17.5 Å². The molecule has 0 aliphatic rings. The van der Waals surface area contributed by atoms with E-state index in [1.54, 1.807) is 25.6 Å². The number of thiazole rings is 1. The van der Waals surface area contributed by atoms with Crippen LogP contribution in [0, 0.1) is 0 Å². The summed E-state index contributed by atoms with van der Waals surface area (Å²) < 4.78 is 10.2. The van der Waals surface area contributed by atoms with Gasteiger partial charge in [0.25, 0.3) is 0 Å². The van der Waals surface area contributed by atoms with E-state index in [-0.39, 0.29) is 0 Å². The lowest BCUT2D eigenvalue weighted by molar-refractivity contribution is 0.182. The van der Waals surface area contributed by atoms with Crippen molar-refractivity contribution < 1.29 is 9.47 Å². The van der Waals surface area contributed by atoms with Gasteiger partial charge in [0.05, 0.1) is 24.4 Å². The van der Waals surface area contributed by atoms with Crippen LogP contribution in [0.1, 0.15) is 16.3 Å². The maximum absolute atomic E-state index is 5.13. The molecule has 0 aliphatic heterocycles. The highest BCUT2D eigenvalue weighted by Gasteiger charge is 2.03. The van der Waals surface area contributed by atoms with Crippen molar-refractivity contribution in [3.63, 3.8) is 0 Å². The van der Waals surface area contributed by atoms with Crippen LogP contribution in [0.3, 0.4) is 0 Å². The molecule has 0 saturated carbocycles. The zero-order valence-corrected chi connectivity index (χ0v) is 10.8. The predicted molar refractivity (Wildman–Crippen MR) is 68.6 cm³/mol. The van der Waals surface area contributed by atoms with Crippen LogP contribution in [0.5, 0.6) is 5.75 Å². The van der Waals surface area contributed by atoms with Gasteiger partial charge < -0.3 is 9.47 Å². The summed E-state index contributed by atoms with van der Waals surface area (Å²) in [7, 11) is 3.36. The number of rotatable bonds is 5.